The van der Waals surface area contributed by atoms with Gasteiger partial charge in [-0.2, -0.15) is 4.37 Å². The summed E-state index contributed by atoms with van der Waals surface area (Å²) in [4.78, 5) is 18.4. The number of aromatic nitrogens is 2. The molecular weight excluding hydrogens is 272 g/mol. The third-order valence-electron chi connectivity index (χ3n) is 3.59. The van der Waals surface area contributed by atoms with Crippen LogP contribution in [0.1, 0.15) is 52.3 Å². The highest BCUT2D eigenvalue weighted by molar-refractivity contribution is 7.09. The summed E-state index contributed by atoms with van der Waals surface area (Å²) >= 11 is 1.43. The van der Waals surface area contributed by atoms with Crippen LogP contribution in [0.2, 0.25) is 0 Å². The van der Waals surface area contributed by atoms with Crippen LogP contribution >= 0.6 is 11.5 Å². The van der Waals surface area contributed by atoms with Crippen molar-refractivity contribution in [3.63, 3.8) is 0 Å². The number of amides is 1. The first-order chi connectivity index (χ1) is 9.47. The first-order valence-electron chi connectivity index (χ1n) is 7.36. The normalized spacial score (nSPS) is 17.0. The van der Waals surface area contributed by atoms with Crippen LogP contribution in [0.15, 0.2) is 0 Å². The van der Waals surface area contributed by atoms with Crippen LogP contribution in [-0.4, -0.2) is 39.3 Å². The summed E-state index contributed by atoms with van der Waals surface area (Å²) in [7, 11) is 0. The van der Waals surface area contributed by atoms with Crippen LogP contribution < -0.4 is 5.32 Å². The van der Waals surface area contributed by atoms with Gasteiger partial charge in [-0.1, -0.05) is 27.7 Å². The van der Waals surface area contributed by atoms with Crippen molar-refractivity contribution in [2.45, 2.75) is 52.5 Å². The molecule has 1 N–H and O–H groups in total. The molecule has 0 atom stereocenters. The molecule has 2 rings (SSSR count). The Hall–Kier alpha value is -1.17. The molecule has 112 valence electrons. The van der Waals surface area contributed by atoms with E-state index < -0.39 is 0 Å². The minimum absolute atomic E-state index is 0.0938. The van der Waals surface area contributed by atoms with Crippen LogP contribution in [0.3, 0.4) is 0 Å². The van der Waals surface area contributed by atoms with Crippen molar-refractivity contribution in [3.05, 3.63) is 5.82 Å². The molecule has 1 aliphatic rings. The van der Waals surface area contributed by atoms with E-state index in [4.69, 9.17) is 0 Å². The Bertz CT molecular complexity index is 450. The molecule has 1 amide bonds. The largest absolute Gasteiger partial charge is 0.357 e. The second-order valence-corrected chi connectivity index (χ2v) is 6.76. The fraction of sp³-hybridized carbons (Fsp3) is 0.786. The number of nitrogens with zero attached hydrogens (tertiary/aromatic N) is 3. The molecule has 1 saturated heterocycles. The molecule has 0 aromatic carbocycles. The molecule has 2 heterocycles. The first-order valence-corrected chi connectivity index (χ1v) is 8.13. The van der Waals surface area contributed by atoms with Gasteiger partial charge >= 0.3 is 0 Å². The summed E-state index contributed by atoms with van der Waals surface area (Å²) in [5.41, 5.74) is 0. The van der Waals surface area contributed by atoms with Crippen molar-refractivity contribution in [1.29, 1.82) is 0 Å². The minimum atomic E-state index is 0.0938. The molecule has 0 spiro atoms. The number of anilines is 1. The lowest BCUT2D eigenvalue weighted by atomic mass is 10.0. The highest BCUT2D eigenvalue weighted by Gasteiger charge is 2.24. The van der Waals surface area contributed by atoms with E-state index >= 15 is 0 Å². The van der Waals surface area contributed by atoms with Crippen molar-refractivity contribution in [2.24, 2.45) is 5.92 Å². The molecule has 1 aromatic heterocycles. The summed E-state index contributed by atoms with van der Waals surface area (Å²) in [5, 5.41) is 4.36. The van der Waals surface area contributed by atoms with Gasteiger partial charge in [0.1, 0.15) is 5.82 Å². The van der Waals surface area contributed by atoms with E-state index in [1.54, 1.807) is 0 Å². The summed E-state index contributed by atoms with van der Waals surface area (Å²) in [5.74, 6) is 1.63. The van der Waals surface area contributed by atoms with Crippen molar-refractivity contribution in [1.82, 2.24) is 14.3 Å². The van der Waals surface area contributed by atoms with Gasteiger partial charge < -0.3 is 10.2 Å². The Morgan fingerprint density at radius 1 is 1.30 bits per heavy atom. The Labute approximate surface area is 124 Å². The third kappa shape index (κ3) is 3.69. The molecule has 1 fully saturated rings. The van der Waals surface area contributed by atoms with E-state index in [1.165, 1.54) is 11.5 Å². The zero-order valence-electron chi connectivity index (χ0n) is 12.7. The average Bonchev–Trinajstić information content (AvgIpc) is 2.87. The number of likely N-dealkylation sites (tertiary alicyclic amines) is 1. The predicted molar refractivity (Wildman–Crippen MR) is 82.1 cm³/mol. The fourth-order valence-corrected chi connectivity index (χ4v) is 3.10. The van der Waals surface area contributed by atoms with Gasteiger partial charge in [0, 0.05) is 42.5 Å². The van der Waals surface area contributed by atoms with Gasteiger partial charge in [0.2, 0.25) is 11.0 Å². The van der Waals surface area contributed by atoms with Crippen LogP contribution in [0.4, 0.5) is 5.13 Å². The first kappa shape index (κ1) is 15.2. The topological polar surface area (TPSA) is 58.1 Å². The highest BCUT2D eigenvalue weighted by atomic mass is 32.1. The number of hydrogen-bond acceptors (Lipinski definition) is 5. The third-order valence-corrected chi connectivity index (χ3v) is 4.25. The molecule has 0 radical (unpaired) electrons. The zero-order chi connectivity index (χ0) is 14.7. The van der Waals surface area contributed by atoms with Crippen LogP contribution in [-0.2, 0) is 4.79 Å². The summed E-state index contributed by atoms with van der Waals surface area (Å²) in [6.07, 6.45) is 1.96. The number of rotatable bonds is 4. The highest BCUT2D eigenvalue weighted by Crippen LogP contribution is 2.21. The quantitative estimate of drug-likeness (QED) is 0.928. The average molecular weight is 296 g/mol. The van der Waals surface area contributed by atoms with E-state index in [9.17, 15) is 4.79 Å². The molecular formula is C14H24N4OS. The van der Waals surface area contributed by atoms with Gasteiger partial charge in [0.05, 0.1) is 0 Å². The second-order valence-electron chi connectivity index (χ2n) is 6.01. The van der Waals surface area contributed by atoms with Crippen molar-refractivity contribution in [3.8, 4) is 0 Å². The molecule has 5 nitrogen and oxygen atoms in total. The lowest BCUT2D eigenvalue weighted by molar-refractivity contribution is -0.135. The second kappa shape index (κ2) is 6.52. The summed E-state index contributed by atoms with van der Waals surface area (Å²) in [6, 6.07) is 0.402. The molecule has 0 bridgehead atoms. The van der Waals surface area contributed by atoms with Gasteiger partial charge in [-0.15, -0.1) is 0 Å². The lowest BCUT2D eigenvalue weighted by Crippen LogP contribution is -2.43. The number of hydrogen-bond donors (Lipinski definition) is 1. The van der Waals surface area contributed by atoms with Gasteiger partial charge in [-0.3, -0.25) is 4.79 Å². The molecule has 1 aromatic rings. The Balaban J connectivity index is 1.83. The standard InChI is InChI=1S/C14H24N4OS/c1-9(2)12-16-14(20-17-12)15-11-5-7-18(8-6-11)13(19)10(3)4/h9-11H,5-8H2,1-4H3,(H,15,16,17). The molecule has 6 heteroatoms. The van der Waals surface area contributed by atoms with E-state index in [0.717, 1.165) is 36.9 Å². The predicted octanol–water partition coefficient (Wildman–Crippen LogP) is 2.72. The number of carbonyl (C=O) groups excluding carboxylic acids is 1. The van der Waals surface area contributed by atoms with Crippen LogP contribution in [0.5, 0.6) is 0 Å². The van der Waals surface area contributed by atoms with E-state index in [1.807, 2.05) is 18.7 Å². The lowest BCUT2D eigenvalue weighted by Gasteiger charge is -2.33. The minimum Gasteiger partial charge on any atom is -0.357 e. The Morgan fingerprint density at radius 3 is 2.45 bits per heavy atom. The van der Waals surface area contributed by atoms with E-state index in [2.05, 4.69) is 28.5 Å². The maximum absolute atomic E-state index is 11.9. The zero-order valence-corrected chi connectivity index (χ0v) is 13.5. The van der Waals surface area contributed by atoms with Crippen molar-refractivity contribution in [2.75, 3.05) is 18.4 Å². The van der Waals surface area contributed by atoms with Gasteiger partial charge in [-0.05, 0) is 12.8 Å². The van der Waals surface area contributed by atoms with Crippen LogP contribution in [0, 0.1) is 5.92 Å². The van der Waals surface area contributed by atoms with Gasteiger partial charge in [-0.25, -0.2) is 4.98 Å². The Morgan fingerprint density at radius 2 is 1.95 bits per heavy atom. The van der Waals surface area contributed by atoms with Crippen molar-refractivity contribution < 1.29 is 4.79 Å². The molecule has 0 saturated carbocycles. The molecule has 1 aliphatic heterocycles. The summed E-state index contributed by atoms with van der Waals surface area (Å²) in [6.45, 7) is 9.79. The SMILES string of the molecule is CC(C)C(=O)N1CCC(Nc2nc(C(C)C)ns2)CC1. The van der Waals surface area contributed by atoms with Gasteiger partial charge in [0.25, 0.3) is 0 Å². The number of piperidine rings is 1. The molecule has 20 heavy (non-hydrogen) atoms. The van der Waals surface area contributed by atoms with Crippen LogP contribution in [0.25, 0.3) is 0 Å². The van der Waals surface area contributed by atoms with E-state index in [0.29, 0.717) is 12.0 Å². The van der Waals surface area contributed by atoms with Crippen molar-refractivity contribution >= 4 is 22.6 Å². The molecule has 0 unspecified atom stereocenters. The molecule has 0 aliphatic carbocycles. The van der Waals surface area contributed by atoms with E-state index in [-0.39, 0.29) is 11.8 Å². The maximum Gasteiger partial charge on any atom is 0.225 e. The monoisotopic (exact) mass is 296 g/mol. The fourth-order valence-electron chi connectivity index (χ4n) is 2.31. The number of carbonyl (C=O) groups is 1. The number of nitrogens with one attached hydrogen (secondary N) is 1. The smallest absolute Gasteiger partial charge is 0.225 e. The maximum atomic E-state index is 11.9. The summed E-state index contributed by atoms with van der Waals surface area (Å²) < 4.78 is 4.35. The Kier molecular flexibility index (Phi) is 4.96. The van der Waals surface area contributed by atoms with Gasteiger partial charge in [0.15, 0.2) is 0 Å².